The van der Waals surface area contributed by atoms with Gasteiger partial charge in [0.05, 0.1) is 27.4 Å². The molecule has 0 fully saturated rings. The van der Waals surface area contributed by atoms with Gasteiger partial charge in [0.1, 0.15) is 11.6 Å². The van der Waals surface area contributed by atoms with E-state index in [1.807, 2.05) is 25.1 Å². The monoisotopic (exact) mass is 403 g/mol. The summed E-state index contributed by atoms with van der Waals surface area (Å²) in [6.45, 7) is 4.72. The molecule has 158 valence electrons. The maximum absolute atomic E-state index is 12.9. The molecule has 0 unspecified atom stereocenters. The summed E-state index contributed by atoms with van der Waals surface area (Å²) in [7, 11) is 3.24. The predicted molar refractivity (Wildman–Crippen MR) is 113 cm³/mol. The maximum Gasteiger partial charge on any atom is 0.191 e. The van der Waals surface area contributed by atoms with Crippen LogP contribution < -0.4 is 24.8 Å². The van der Waals surface area contributed by atoms with Crippen molar-refractivity contribution in [1.29, 1.82) is 0 Å². The normalized spacial score (nSPS) is 11.1. The fraction of sp³-hybridized carbons (Fsp3) is 0.409. The molecule has 0 heterocycles. The number of nitrogens with zero attached hydrogens (tertiary/aromatic N) is 1. The highest BCUT2D eigenvalue weighted by Gasteiger charge is 2.05. The van der Waals surface area contributed by atoms with Gasteiger partial charge in [-0.3, -0.25) is 0 Å². The molecule has 0 aromatic heterocycles. The Kier molecular flexibility index (Phi) is 9.62. The van der Waals surface area contributed by atoms with Crippen LogP contribution in [0.5, 0.6) is 17.2 Å². The first-order valence-corrected chi connectivity index (χ1v) is 9.77. The van der Waals surface area contributed by atoms with Crippen LogP contribution in [0.25, 0.3) is 0 Å². The average molecular weight is 403 g/mol. The summed E-state index contributed by atoms with van der Waals surface area (Å²) < 4.78 is 29.1. The highest BCUT2D eigenvalue weighted by molar-refractivity contribution is 5.79. The van der Waals surface area contributed by atoms with Crippen molar-refractivity contribution in [3.8, 4) is 17.2 Å². The standard InChI is InChI=1S/C22H30FN3O3/c1-4-24-22(26-16-17-7-12-20(27-2)21(15-17)28-3)25-13-5-6-14-29-19-10-8-18(23)9-11-19/h7-12,15H,4-6,13-14,16H2,1-3H3,(H2,24,25,26). The molecule has 2 rings (SSSR count). The first-order chi connectivity index (χ1) is 14.2. The molecule has 0 radical (unpaired) electrons. The van der Waals surface area contributed by atoms with Crippen molar-refractivity contribution in [3.63, 3.8) is 0 Å². The number of unbranched alkanes of at least 4 members (excludes halogenated alkanes) is 1. The molecule has 0 spiro atoms. The van der Waals surface area contributed by atoms with Crippen molar-refractivity contribution in [2.75, 3.05) is 33.9 Å². The first kappa shape index (κ1) is 22.3. The summed E-state index contributed by atoms with van der Waals surface area (Å²) >= 11 is 0. The molecule has 0 saturated heterocycles. The largest absolute Gasteiger partial charge is 0.494 e. The molecule has 0 aliphatic carbocycles. The Morgan fingerprint density at radius 1 is 0.966 bits per heavy atom. The van der Waals surface area contributed by atoms with E-state index < -0.39 is 0 Å². The summed E-state index contributed by atoms with van der Waals surface area (Å²) in [5, 5.41) is 6.57. The van der Waals surface area contributed by atoms with Crippen LogP contribution in [-0.2, 0) is 6.54 Å². The minimum atomic E-state index is -0.259. The van der Waals surface area contributed by atoms with Gasteiger partial charge in [0.15, 0.2) is 17.5 Å². The van der Waals surface area contributed by atoms with E-state index in [1.54, 1.807) is 26.4 Å². The third-order valence-electron chi connectivity index (χ3n) is 4.16. The molecule has 2 aromatic carbocycles. The minimum absolute atomic E-state index is 0.259. The maximum atomic E-state index is 12.9. The van der Waals surface area contributed by atoms with Gasteiger partial charge in [0.25, 0.3) is 0 Å². The Bertz CT molecular complexity index is 766. The summed E-state index contributed by atoms with van der Waals surface area (Å²) in [6, 6.07) is 11.9. The second kappa shape index (κ2) is 12.5. The van der Waals surface area contributed by atoms with E-state index in [9.17, 15) is 4.39 Å². The number of aliphatic imine (C=N–C) groups is 1. The lowest BCUT2D eigenvalue weighted by molar-refractivity contribution is 0.306. The highest BCUT2D eigenvalue weighted by atomic mass is 19.1. The number of rotatable bonds is 11. The number of nitrogens with one attached hydrogen (secondary N) is 2. The predicted octanol–water partition coefficient (Wildman–Crippen LogP) is 3.76. The zero-order valence-corrected chi connectivity index (χ0v) is 17.3. The van der Waals surface area contributed by atoms with Crippen LogP contribution in [0.4, 0.5) is 4.39 Å². The van der Waals surface area contributed by atoms with Crippen LogP contribution in [0.15, 0.2) is 47.5 Å². The Labute approximate surface area is 172 Å². The summed E-state index contributed by atoms with van der Waals surface area (Å²) in [5.74, 6) is 2.59. The number of hydrogen-bond acceptors (Lipinski definition) is 4. The third kappa shape index (κ3) is 7.89. The van der Waals surface area contributed by atoms with Crippen molar-refractivity contribution < 1.29 is 18.6 Å². The van der Waals surface area contributed by atoms with E-state index in [1.165, 1.54) is 12.1 Å². The van der Waals surface area contributed by atoms with Crippen LogP contribution in [0.1, 0.15) is 25.3 Å². The van der Waals surface area contributed by atoms with Gasteiger partial charge in [-0.1, -0.05) is 6.07 Å². The Morgan fingerprint density at radius 2 is 1.72 bits per heavy atom. The van der Waals surface area contributed by atoms with E-state index >= 15 is 0 Å². The third-order valence-corrected chi connectivity index (χ3v) is 4.16. The smallest absolute Gasteiger partial charge is 0.191 e. The highest BCUT2D eigenvalue weighted by Crippen LogP contribution is 2.27. The van der Waals surface area contributed by atoms with Crippen molar-refractivity contribution in [2.24, 2.45) is 4.99 Å². The van der Waals surface area contributed by atoms with Crippen molar-refractivity contribution in [1.82, 2.24) is 10.6 Å². The van der Waals surface area contributed by atoms with E-state index in [0.717, 1.165) is 37.5 Å². The molecule has 2 aromatic rings. The summed E-state index contributed by atoms with van der Waals surface area (Å²) in [5.41, 5.74) is 1.03. The topological polar surface area (TPSA) is 64.1 Å². The molecule has 7 heteroatoms. The molecular weight excluding hydrogens is 373 g/mol. The van der Waals surface area contributed by atoms with Crippen molar-refractivity contribution in [3.05, 3.63) is 53.8 Å². The molecule has 0 bridgehead atoms. The van der Waals surface area contributed by atoms with Crippen molar-refractivity contribution in [2.45, 2.75) is 26.3 Å². The second-order valence-corrected chi connectivity index (χ2v) is 6.32. The first-order valence-electron chi connectivity index (χ1n) is 9.77. The fourth-order valence-corrected chi connectivity index (χ4v) is 2.65. The number of benzene rings is 2. The minimum Gasteiger partial charge on any atom is -0.494 e. The molecule has 6 nitrogen and oxygen atoms in total. The van der Waals surface area contributed by atoms with E-state index in [2.05, 4.69) is 15.6 Å². The van der Waals surface area contributed by atoms with Crippen LogP contribution >= 0.6 is 0 Å². The van der Waals surface area contributed by atoms with Gasteiger partial charge in [-0.2, -0.15) is 0 Å². The molecule has 29 heavy (non-hydrogen) atoms. The van der Waals surface area contributed by atoms with Gasteiger partial charge in [-0.05, 0) is 61.7 Å². The number of ether oxygens (including phenoxy) is 3. The van der Waals surface area contributed by atoms with Crippen LogP contribution in [0.2, 0.25) is 0 Å². The molecule has 0 amide bonds. The van der Waals surface area contributed by atoms with Gasteiger partial charge >= 0.3 is 0 Å². The van der Waals surface area contributed by atoms with Gasteiger partial charge in [-0.15, -0.1) is 0 Å². The van der Waals surface area contributed by atoms with Gasteiger partial charge in [-0.25, -0.2) is 9.38 Å². The lowest BCUT2D eigenvalue weighted by Crippen LogP contribution is -2.37. The van der Waals surface area contributed by atoms with E-state index in [0.29, 0.717) is 30.4 Å². The van der Waals surface area contributed by atoms with Crippen LogP contribution in [0, 0.1) is 5.82 Å². The molecule has 2 N–H and O–H groups in total. The number of methoxy groups -OCH3 is 2. The van der Waals surface area contributed by atoms with Gasteiger partial charge in [0, 0.05) is 13.1 Å². The Hall–Kier alpha value is -2.96. The zero-order valence-electron chi connectivity index (χ0n) is 17.3. The lowest BCUT2D eigenvalue weighted by Gasteiger charge is -2.12. The van der Waals surface area contributed by atoms with Crippen LogP contribution in [0.3, 0.4) is 0 Å². The zero-order chi connectivity index (χ0) is 20.9. The molecule has 0 atom stereocenters. The second-order valence-electron chi connectivity index (χ2n) is 6.32. The molecular formula is C22H30FN3O3. The Morgan fingerprint density at radius 3 is 2.41 bits per heavy atom. The van der Waals surface area contributed by atoms with Gasteiger partial charge < -0.3 is 24.8 Å². The summed E-state index contributed by atoms with van der Waals surface area (Å²) in [4.78, 5) is 4.62. The number of hydrogen-bond donors (Lipinski definition) is 2. The Balaban J connectivity index is 1.75. The van der Waals surface area contributed by atoms with Gasteiger partial charge in [0.2, 0.25) is 0 Å². The SMILES string of the molecule is CCNC(=NCc1ccc(OC)c(OC)c1)NCCCCOc1ccc(F)cc1. The fourth-order valence-electron chi connectivity index (χ4n) is 2.65. The summed E-state index contributed by atoms with van der Waals surface area (Å²) in [6.07, 6.45) is 1.82. The van der Waals surface area contributed by atoms with Crippen LogP contribution in [-0.4, -0.2) is 39.9 Å². The lowest BCUT2D eigenvalue weighted by atomic mass is 10.2. The molecule has 0 saturated carbocycles. The molecule has 0 aliphatic rings. The number of guanidine groups is 1. The van der Waals surface area contributed by atoms with Crippen molar-refractivity contribution >= 4 is 5.96 Å². The molecule has 0 aliphatic heterocycles. The quantitative estimate of drug-likeness (QED) is 0.340. The average Bonchev–Trinajstić information content (AvgIpc) is 2.75. The van der Waals surface area contributed by atoms with E-state index in [-0.39, 0.29) is 5.82 Å². The number of halogens is 1. The van der Waals surface area contributed by atoms with E-state index in [4.69, 9.17) is 14.2 Å².